The maximum Gasteiger partial charge on any atom is 0.251 e. The molecule has 0 aliphatic rings. The van der Waals surface area contributed by atoms with Crippen LogP contribution in [-0.2, 0) is 0 Å². The Morgan fingerprint density at radius 2 is 1.44 bits per heavy atom. The van der Waals surface area contributed by atoms with Gasteiger partial charge in [0.2, 0.25) is 0 Å². The Bertz CT molecular complexity index is 355. The molecule has 1 rings (SSSR count). The van der Waals surface area contributed by atoms with Crippen LogP contribution in [0.15, 0.2) is 24.3 Å². The van der Waals surface area contributed by atoms with Crippen LogP contribution in [-0.4, -0.2) is 24.9 Å². The van der Waals surface area contributed by atoms with Gasteiger partial charge in [-0.2, -0.15) is 0 Å². The van der Waals surface area contributed by atoms with Crippen LogP contribution in [0.5, 0.6) is 0 Å². The van der Waals surface area contributed by atoms with Gasteiger partial charge in [0.25, 0.3) is 11.8 Å². The van der Waals surface area contributed by atoms with Crippen molar-refractivity contribution in [3.63, 3.8) is 0 Å². The zero-order valence-corrected chi connectivity index (χ0v) is 8.69. The molecule has 16 heavy (non-hydrogen) atoms. The number of benzene rings is 1. The Morgan fingerprint density at radius 1 is 1.00 bits per heavy atom. The van der Waals surface area contributed by atoms with E-state index < -0.39 is 0 Å². The summed E-state index contributed by atoms with van der Waals surface area (Å²) in [4.78, 5) is 22.9. The van der Waals surface area contributed by atoms with Gasteiger partial charge in [0.15, 0.2) is 0 Å². The number of carbonyl (C=O) groups is 2. The lowest BCUT2D eigenvalue weighted by Gasteiger charge is -2.05. The first-order chi connectivity index (χ1) is 7.69. The predicted octanol–water partition coefficient (Wildman–Crippen LogP) is 0.568. The highest BCUT2D eigenvalue weighted by Crippen LogP contribution is 2.05. The Morgan fingerprint density at radius 3 is 1.81 bits per heavy atom. The second kappa shape index (κ2) is 5.90. The second-order valence-corrected chi connectivity index (χ2v) is 3.00. The molecule has 4 radical (unpaired) electrons. The van der Waals surface area contributed by atoms with Crippen molar-refractivity contribution < 1.29 is 9.59 Å². The summed E-state index contributed by atoms with van der Waals surface area (Å²) >= 11 is 0. The molecule has 1 aromatic carbocycles. The maximum absolute atomic E-state index is 11.4. The van der Waals surface area contributed by atoms with E-state index in [9.17, 15) is 9.59 Å². The molecule has 0 aliphatic heterocycles. The Labute approximate surface area is 95.0 Å². The van der Waals surface area contributed by atoms with E-state index in [2.05, 4.69) is 10.6 Å². The molecule has 0 atom stereocenters. The first-order valence-electron chi connectivity index (χ1n) is 4.75. The third-order valence-electron chi connectivity index (χ3n) is 1.91. The zero-order chi connectivity index (χ0) is 12.0. The number of carbonyl (C=O) groups excluding carboxylic acids is 2. The third kappa shape index (κ3) is 3.08. The highest BCUT2D eigenvalue weighted by Gasteiger charge is 2.08. The maximum atomic E-state index is 11.4. The van der Waals surface area contributed by atoms with Gasteiger partial charge < -0.3 is 10.6 Å². The fraction of sp³-hybridized carbons (Fsp3) is 0.167. The van der Waals surface area contributed by atoms with Crippen molar-refractivity contribution in [2.24, 2.45) is 0 Å². The number of hydrogen-bond donors (Lipinski definition) is 2. The molecule has 4 nitrogen and oxygen atoms in total. The van der Waals surface area contributed by atoms with Gasteiger partial charge >= 0.3 is 0 Å². The van der Waals surface area contributed by atoms with E-state index >= 15 is 0 Å². The Hall–Kier alpha value is -1.84. The fourth-order valence-corrected chi connectivity index (χ4v) is 1.19. The molecule has 0 heterocycles. The molecule has 0 unspecified atom stereocenters. The molecular formula is C12H12N2O2. The van der Waals surface area contributed by atoms with E-state index in [-0.39, 0.29) is 24.9 Å². The van der Waals surface area contributed by atoms with Gasteiger partial charge in [-0.25, -0.2) is 0 Å². The van der Waals surface area contributed by atoms with Gasteiger partial charge in [-0.3, -0.25) is 9.59 Å². The second-order valence-electron chi connectivity index (χ2n) is 3.00. The van der Waals surface area contributed by atoms with Crippen LogP contribution >= 0.6 is 0 Å². The van der Waals surface area contributed by atoms with Crippen molar-refractivity contribution >= 4 is 11.8 Å². The highest BCUT2D eigenvalue weighted by atomic mass is 16.2. The first-order valence-corrected chi connectivity index (χ1v) is 4.75. The Kier molecular flexibility index (Phi) is 4.51. The molecule has 0 aliphatic carbocycles. The number of rotatable bonds is 4. The molecule has 0 saturated heterocycles. The van der Waals surface area contributed by atoms with Crippen molar-refractivity contribution in [3.05, 3.63) is 49.2 Å². The number of amides is 2. The van der Waals surface area contributed by atoms with Gasteiger partial charge in [-0.15, -0.1) is 0 Å². The largest absolute Gasteiger partial charge is 0.352 e. The van der Waals surface area contributed by atoms with Gasteiger partial charge in [0.1, 0.15) is 0 Å². The van der Waals surface area contributed by atoms with E-state index in [1.54, 1.807) is 18.2 Å². The SMILES string of the molecule is [CH]CNC(=O)c1cccc(C(=O)NC[CH])c1. The molecule has 0 saturated carbocycles. The van der Waals surface area contributed by atoms with Crippen LogP contribution in [0, 0.1) is 13.8 Å². The molecule has 0 aromatic heterocycles. The molecule has 0 spiro atoms. The summed E-state index contributed by atoms with van der Waals surface area (Å²) in [6.45, 7) is 10.5. The summed E-state index contributed by atoms with van der Waals surface area (Å²) in [5, 5.41) is 4.88. The predicted molar refractivity (Wildman–Crippen MR) is 59.7 cm³/mol. The third-order valence-corrected chi connectivity index (χ3v) is 1.91. The van der Waals surface area contributed by atoms with Crippen molar-refractivity contribution in [3.8, 4) is 0 Å². The molecule has 0 bridgehead atoms. The standard InChI is InChI=1S/C12H12N2O2/c1-3-13-11(15)9-6-5-7-10(8-9)12(16)14-4-2/h1-2,5-8H,3-4H2,(H,13,15)(H,14,16). The summed E-state index contributed by atoms with van der Waals surface area (Å²) in [5.41, 5.74) is 0.769. The summed E-state index contributed by atoms with van der Waals surface area (Å²) in [7, 11) is 0. The first kappa shape index (κ1) is 12.2. The number of nitrogens with one attached hydrogen (secondary N) is 2. The fourth-order valence-electron chi connectivity index (χ4n) is 1.19. The van der Waals surface area contributed by atoms with Gasteiger partial charge in [-0.05, 0) is 32.0 Å². The van der Waals surface area contributed by atoms with E-state index in [0.717, 1.165) is 0 Å². The van der Waals surface area contributed by atoms with Crippen LogP contribution in [0.1, 0.15) is 20.7 Å². The van der Waals surface area contributed by atoms with Gasteiger partial charge in [0, 0.05) is 24.2 Å². The van der Waals surface area contributed by atoms with Gasteiger partial charge in [-0.1, -0.05) is 6.07 Å². The minimum absolute atomic E-state index is 0.0536. The van der Waals surface area contributed by atoms with E-state index in [0.29, 0.717) is 11.1 Å². The minimum Gasteiger partial charge on any atom is -0.352 e. The quantitative estimate of drug-likeness (QED) is 0.773. The summed E-state index contributed by atoms with van der Waals surface area (Å²) in [6, 6.07) is 6.31. The summed E-state index contributed by atoms with van der Waals surface area (Å²) < 4.78 is 0. The average Bonchev–Trinajstić information content (AvgIpc) is 2.30. The molecule has 82 valence electrons. The van der Waals surface area contributed by atoms with E-state index in [1.807, 2.05) is 0 Å². The van der Waals surface area contributed by atoms with E-state index in [4.69, 9.17) is 13.8 Å². The number of hydrogen-bond acceptors (Lipinski definition) is 2. The molecule has 2 amide bonds. The lowest BCUT2D eigenvalue weighted by Crippen LogP contribution is -2.25. The summed E-state index contributed by atoms with van der Waals surface area (Å²) in [6.07, 6.45) is 0. The lowest BCUT2D eigenvalue weighted by atomic mass is 10.1. The van der Waals surface area contributed by atoms with Crippen molar-refractivity contribution in [1.82, 2.24) is 10.6 Å². The molecule has 2 N–H and O–H groups in total. The molecule has 4 heteroatoms. The minimum atomic E-state index is -0.315. The summed E-state index contributed by atoms with van der Waals surface area (Å²) in [5.74, 6) is -0.630. The van der Waals surface area contributed by atoms with Crippen molar-refractivity contribution in [2.75, 3.05) is 13.1 Å². The average molecular weight is 216 g/mol. The van der Waals surface area contributed by atoms with Crippen LogP contribution in [0.4, 0.5) is 0 Å². The van der Waals surface area contributed by atoms with Crippen molar-refractivity contribution in [1.29, 1.82) is 0 Å². The lowest BCUT2D eigenvalue weighted by molar-refractivity contribution is 0.0957. The van der Waals surface area contributed by atoms with Crippen LogP contribution in [0.2, 0.25) is 0 Å². The zero-order valence-electron chi connectivity index (χ0n) is 8.69. The molecule has 1 aromatic rings. The molecular weight excluding hydrogens is 204 g/mol. The van der Waals surface area contributed by atoms with Crippen LogP contribution < -0.4 is 10.6 Å². The Balaban J connectivity index is 2.86. The smallest absolute Gasteiger partial charge is 0.251 e. The van der Waals surface area contributed by atoms with Crippen LogP contribution in [0.25, 0.3) is 0 Å². The van der Waals surface area contributed by atoms with E-state index in [1.165, 1.54) is 6.07 Å². The van der Waals surface area contributed by atoms with Gasteiger partial charge in [0.05, 0.1) is 0 Å². The molecule has 0 fully saturated rings. The normalized spacial score (nSPS) is 9.62. The topological polar surface area (TPSA) is 58.2 Å². The van der Waals surface area contributed by atoms with Crippen LogP contribution in [0.3, 0.4) is 0 Å². The monoisotopic (exact) mass is 216 g/mol. The van der Waals surface area contributed by atoms with Crippen molar-refractivity contribution in [2.45, 2.75) is 0 Å². The highest BCUT2D eigenvalue weighted by molar-refractivity contribution is 5.99.